The second-order valence-corrected chi connectivity index (χ2v) is 14.1. The first-order valence-electron chi connectivity index (χ1n) is 16.1. The van der Waals surface area contributed by atoms with Gasteiger partial charge in [-0.3, -0.25) is 9.80 Å². The number of likely N-dealkylation sites (tertiary alicyclic amines) is 2. The van der Waals surface area contributed by atoms with E-state index in [1.807, 2.05) is 59.9 Å². The minimum atomic E-state index is -0.557. The molecule has 2 aromatic heterocycles. The Morgan fingerprint density at radius 2 is 1.22 bits per heavy atom. The highest BCUT2D eigenvalue weighted by atomic mass is 16.6. The number of carbonyl (C=O) groups is 2. The van der Waals surface area contributed by atoms with Crippen molar-refractivity contribution in [1.82, 2.24) is 24.8 Å². The van der Waals surface area contributed by atoms with Crippen molar-refractivity contribution in [3.63, 3.8) is 0 Å². The van der Waals surface area contributed by atoms with Gasteiger partial charge in [0.2, 0.25) is 5.89 Å². The fourth-order valence-electron chi connectivity index (χ4n) is 6.05. The van der Waals surface area contributed by atoms with Gasteiger partial charge in [-0.25, -0.2) is 19.6 Å². The summed E-state index contributed by atoms with van der Waals surface area (Å²) in [4.78, 5) is 41.6. The number of nitrogens with zero attached hydrogens (tertiary/aromatic N) is 4. The molecular formula is C36H43N5O5. The maximum atomic E-state index is 12.8. The smallest absolute Gasteiger partial charge is 0.410 e. The minimum Gasteiger partial charge on any atom is -0.444 e. The SMILES string of the molecule is CC(C)(C)OC(=O)N1CCC[C@H]1c1ncc(-c2ccc(-c3ccc(-c4cnc([C@@H]5CCCN5C(=O)OC(C)(C)C)o4)cc3)cc2)[nH]1. The Balaban J connectivity index is 1.11. The Morgan fingerprint density at radius 1 is 0.717 bits per heavy atom. The molecule has 2 aliphatic rings. The first-order chi connectivity index (χ1) is 21.8. The van der Waals surface area contributed by atoms with E-state index in [1.165, 1.54) is 0 Å². The van der Waals surface area contributed by atoms with Crippen LogP contribution in [0, 0.1) is 0 Å². The Labute approximate surface area is 270 Å². The third kappa shape index (κ3) is 6.95. The summed E-state index contributed by atoms with van der Waals surface area (Å²) in [5.74, 6) is 1.97. The van der Waals surface area contributed by atoms with Crippen LogP contribution in [0.4, 0.5) is 9.59 Å². The number of imidazole rings is 1. The van der Waals surface area contributed by atoms with Crippen LogP contribution in [0.5, 0.6) is 0 Å². The summed E-state index contributed by atoms with van der Waals surface area (Å²) in [6.45, 7) is 12.5. The van der Waals surface area contributed by atoms with Crippen LogP contribution in [0.25, 0.3) is 33.7 Å². The molecule has 0 aliphatic carbocycles. The second-order valence-electron chi connectivity index (χ2n) is 14.1. The van der Waals surface area contributed by atoms with Crippen LogP contribution in [-0.2, 0) is 9.47 Å². The molecule has 4 heterocycles. The molecule has 242 valence electrons. The average molecular weight is 626 g/mol. The number of amides is 2. The number of benzene rings is 2. The maximum Gasteiger partial charge on any atom is 0.410 e. The van der Waals surface area contributed by atoms with Crippen molar-refractivity contribution in [1.29, 1.82) is 0 Å². The minimum absolute atomic E-state index is 0.121. The van der Waals surface area contributed by atoms with E-state index >= 15 is 0 Å². The predicted octanol–water partition coefficient (Wildman–Crippen LogP) is 8.54. The monoisotopic (exact) mass is 625 g/mol. The van der Waals surface area contributed by atoms with E-state index in [-0.39, 0.29) is 24.3 Å². The largest absolute Gasteiger partial charge is 0.444 e. The number of H-pyrrole nitrogens is 1. The lowest BCUT2D eigenvalue weighted by molar-refractivity contribution is 0.0199. The van der Waals surface area contributed by atoms with Crippen molar-refractivity contribution in [3.05, 3.63) is 72.6 Å². The number of hydrogen-bond acceptors (Lipinski definition) is 7. The van der Waals surface area contributed by atoms with Crippen molar-refractivity contribution in [2.45, 2.75) is 90.5 Å². The zero-order valence-electron chi connectivity index (χ0n) is 27.5. The molecule has 0 saturated carbocycles. The van der Waals surface area contributed by atoms with Crippen LogP contribution < -0.4 is 0 Å². The summed E-state index contributed by atoms with van der Waals surface area (Å²) in [7, 11) is 0. The third-order valence-corrected chi connectivity index (χ3v) is 8.18. The number of aromatic nitrogens is 3. The maximum absolute atomic E-state index is 12.8. The molecule has 2 amide bonds. The van der Waals surface area contributed by atoms with Crippen LogP contribution in [0.1, 0.15) is 91.0 Å². The second kappa shape index (κ2) is 12.3. The van der Waals surface area contributed by atoms with Crippen molar-refractivity contribution in [3.8, 4) is 33.7 Å². The molecule has 2 saturated heterocycles. The van der Waals surface area contributed by atoms with Gasteiger partial charge >= 0.3 is 12.2 Å². The summed E-state index contributed by atoms with van der Waals surface area (Å²) < 4.78 is 17.4. The van der Waals surface area contributed by atoms with E-state index < -0.39 is 11.2 Å². The van der Waals surface area contributed by atoms with Gasteiger partial charge in [0.15, 0.2) is 5.76 Å². The molecule has 1 N–H and O–H groups in total. The number of rotatable bonds is 5. The van der Waals surface area contributed by atoms with Crippen molar-refractivity contribution >= 4 is 12.2 Å². The molecule has 10 nitrogen and oxygen atoms in total. The lowest BCUT2D eigenvalue weighted by Gasteiger charge is -2.27. The number of nitrogens with one attached hydrogen (secondary N) is 1. The lowest BCUT2D eigenvalue weighted by Crippen LogP contribution is -2.36. The van der Waals surface area contributed by atoms with Crippen LogP contribution in [0.15, 0.2) is 65.3 Å². The molecule has 6 rings (SSSR count). The Morgan fingerprint density at radius 3 is 1.78 bits per heavy atom. The highest BCUT2D eigenvalue weighted by molar-refractivity contribution is 5.72. The van der Waals surface area contributed by atoms with E-state index in [0.717, 1.165) is 59.5 Å². The van der Waals surface area contributed by atoms with Gasteiger partial charge in [0.1, 0.15) is 23.1 Å². The Hall–Kier alpha value is -4.60. The molecule has 0 unspecified atom stereocenters. The molecule has 2 atom stereocenters. The number of aromatic amines is 1. The van der Waals surface area contributed by atoms with Crippen LogP contribution in [0.3, 0.4) is 0 Å². The van der Waals surface area contributed by atoms with Gasteiger partial charge in [0.05, 0.1) is 24.1 Å². The Kier molecular flexibility index (Phi) is 8.39. The van der Waals surface area contributed by atoms with Gasteiger partial charge in [-0.05, 0) is 83.9 Å². The first kappa shape index (κ1) is 31.4. The summed E-state index contributed by atoms with van der Waals surface area (Å²) >= 11 is 0. The summed E-state index contributed by atoms with van der Waals surface area (Å²) in [6, 6.07) is 16.1. The van der Waals surface area contributed by atoms with E-state index in [9.17, 15) is 9.59 Å². The highest BCUT2D eigenvalue weighted by Crippen LogP contribution is 2.36. The molecule has 2 aliphatic heterocycles. The van der Waals surface area contributed by atoms with Gasteiger partial charge in [-0.1, -0.05) is 48.5 Å². The topological polar surface area (TPSA) is 114 Å². The predicted molar refractivity (Wildman–Crippen MR) is 175 cm³/mol. The first-order valence-corrected chi connectivity index (χ1v) is 16.1. The normalized spacial score (nSPS) is 18.7. The quantitative estimate of drug-likeness (QED) is 0.236. The Bertz CT molecular complexity index is 1550. The van der Waals surface area contributed by atoms with Gasteiger partial charge in [0, 0.05) is 18.7 Å². The average Bonchev–Trinajstić information content (AvgIpc) is 3.82. The van der Waals surface area contributed by atoms with E-state index in [1.54, 1.807) is 16.0 Å². The van der Waals surface area contributed by atoms with Crippen molar-refractivity contribution < 1.29 is 23.5 Å². The van der Waals surface area contributed by atoms with Crippen LogP contribution >= 0.6 is 0 Å². The van der Waals surface area contributed by atoms with Gasteiger partial charge in [-0.15, -0.1) is 0 Å². The van der Waals surface area contributed by atoms with Gasteiger partial charge in [0.25, 0.3) is 0 Å². The van der Waals surface area contributed by atoms with Gasteiger partial charge in [-0.2, -0.15) is 0 Å². The molecule has 10 heteroatoms. The van der Waals surface area contributed by atoms with Crippen LogP contribution in [-0.4, -0.2) is 61.2 Å². The summed E-state index contributed by atoms with van der Waals surface area (Å²) in [5.41, 5.74) is 3.90. The van der Waals surface area contributed by atoms with Crippen molar-refractivity contribution in [2.75, 3.05) is 13.1 Å². The molecule has 2 aromatic carbocycles. The standard InChI is InChI=1S/C36H43N5O5/c1-35(2,3)45-33(42)40-19-7-9-28(40)31-37-21-27(39-31)25-15-11-23(12-16-25)24-13-17-26(18-14-24)30-22-38-32(44-30)29-10-8-20-41(29)34(43)46-36(4,5)6/h11-18,21-22,28-29H,7-10,19-20H2,1-6H3,(H,37,39)/t28-,29-/m0/s1. The molecule has 0 radical (unpaired) electrons. The summed E-state index contributed by atoms with van der Waals surface area (Å²) in [5, 5.41) is 0. The van der Waals surface area contributed by atoms with Gasteiger partial charge < -0.3 is 18.9 Å². The van der Waals surface area contributed by atoms with E-state index in [2.05, 4.69) is 51.4 Å². The van der Waals surface area contributed by atoms with E-state index in [4.69, 9.17) is 13.9 Å². The molecule has 0 spiro atoms. The number of oxazole rings is 1. The molecule has 2 fully saturated rings. The lowest BCUT2D eigenvalue weighted by atomic mass is 10.0. The van der Waals surface area contributed by atoms with Crippen molar-refractivity contribution in [2.24, 2.45) is 0 Å². The van der Waals surface area contributed by atoms with E-state index in [0.29, 0.717) is 24.7 Å². The fraction of sp³-hybridized carbons (Fsp3) is 0.444. The number of carbonyl (C=O) groups excluding carboxylic acids is 2. The number of ether oxygens (including phenoxy) is 2. The van der Waals surface area contributed by atoms with Crippen LogP contribution in [0.2, 0.25) is 0 Å². The highest BCUT2D eigenvalue weighted by Gasteiger charge is 2.37. The molecule has 4 aromatic rings. The molecular weight excluding hydrogens is 582 g/mol. The zero-order valence-corrected chi connectivity index (χ0v) is 27.5. The molecule has 46 heavy (non-hydrogen) atoms. The third-order valence-electron chi connectivity index (χ3n) is 8.18. The number of hydrogen-bond donors (Lipinski definition) is 1. The molecule has 0 bridgehead atoms. The fourth-order valence-corrected chi connectivity index (χ4v) is 6.05. The zero-order chi connectivity index (χ0) is 32.6. The summed E-state index contributed by atoms with van der Waals surface area (Å²) in [6.07, 6.45) is 6.35.